The number of nitrogens with zero attached hydrogens (tertiary/aromatic N) is 2. The van der Waals surface area contributed by atoms with Crippen LogP contribution in [0.2, 0.25) is 0 Å². The molecule has 106 valence electrons. The van der Waals surface area contributed by atoms with Crippen molar-refractivity contribution in [2.24, 2.45) is 5.41 Å². The van der Waals surface area contributed by atoms with Crippen LogP contribution >= 0.6 is 0 Å². The number of hydrogen-bond acceptors (Lipinski definition) is 4. The highest BCUT2D eigenvalue weighted by Gasteiger charge is 2.26. The lowest BCUT2D eigenvalue weighted by Crippen LogP contribution is -2.39. The number of aryl methyl sites for hydroxylation is 2. The van der Waals surface area contributed by atoms with Crippen molar-refractivity contribution in [2.45, 2.75) is 40.5 Å². The lowest BCUT2D eigenvalue weighted by atomic mass is 9.83. The van der Waals surface area contributed by atoms with E-state index in [-0.39, 0.29) is 17.9 Å². The molecule has 0 aliphatic carbocycles. The number of nitrogens with one attached hydrogen (secondary N) is 1. The summed E-state index contributed by atoms with van der Waals surface area (Å²) in [5.74, 6) is -0.157. The van der Waals surface area contributed by atoms with E-state index in [2.05, 4.69) is 15.5 Å². The summed E-state index contributed by atoms with van der Waals surface area (Å²) in [6.07, 6.45) is 1.65. The first-order valence-corrected chi connectivity index (χ1v) is 6.68. The largest absolute Gasteiger partial charge is 0.396 e. The van der Waals surface area contributed by atoms with Gasteiger partial charge in [0, 0.05) is 12.0 Å². The fourth-order valence-electron chi connectivity index (χ4n) is 1.92. The molecule has 1 heterocycles. The Morgan fingerprint density at radius 2 is 1.95 bits per heavy atom. The highest BCUT2D eigenvalue weighted by molar-refractivity contribution is 5.95. The first kappa shape index (κ1) is 15.6. The molecular formula is C14H23N3O2. The summed E-state index contributed by atoms with van der Waals surface area (Å²) < 4.78 is 0. The smallest absolute Gasteiger partial charge is 0.253 e. The Morgan fingerprint density at radius 1 is 1.32 bits per heavy atom. The quantitative estimate of drug-likeness (QED) is 0.819. The van der Waals surface area contributed by atoms with E-state index < -0.39 is 0 Å². The second kappa shape index (κ2) is 6.61. The fraction of sp³-hybridized carbons (Fsp3) is 0.643. The van der Waals surface area contributed by atoms with Gasteiger partial charge >= 0.3 is 0 Å². The molecule has 5 nitrogen and oxygen atoms in total. The average Bonchev–Trinajstić information content (AvgIpc) is 2.43. The first-order valence-electron chi connectivity index (χ1n) is 6.68. The van der Waals surface area contributed by atoms with Gasteiger partial charge < -0.3 is 10.4 Å². The molecule has 2 N–H and O–H groups in total. The summed E-state index contributed by atoms with van der Waals surface area (Å²) in [6.45, 7) is 8.16. The SMILES string of the molecule is CCC(CC)(CO)CNC(=O)c1cc(C)nnc1C. The van der Waals surface area contributed by atoms with E-state index in [1.807, 2.05) is 13.8 Å². The molecule has 1 rings (SSSR count). The topological polar surface area (TPSA) is 75.1 Å². The maximum Gasteiger partial charge on any atom is 0.253 e. The Labute approximate surface area is 114 Å². The van der Waals surface area contributed by atoms with Crippen LogP contribution in [0.25, 0.3) is 0 Å². The molecule has 0 spiro atoms. The van der Waals surface area contributed by atoms with Crippen LogP contribution in [0.1, 0.15) is 48.4 Å². The minimum Gasteiger partial charge on any atom is -0.396 e. The van der Waals surface area contributed by atoms with Crippen LogP contribution in [0.3, 0.4) is 0 Å². The number of aliphatic hydroxyl groups excluding tert-OH is 1. The van der Waals surface area contributed by atoms with Gasteiger partial charge in [-0.15, -0.1) is 0 Å². The van der Waals surface area contributed by atoms with Crippen molar-refractivity contribution in [1.82, 2.24) is 15.5 Å². The zero-order chi connectivity index (χ0) is 14.5. The summed E-state index contributed by atoms with van der Waals surface area (Å²) in [7, 11) is 0. The molecule has 1 amide bonds. The minimum absolute atomic E-state index is 0.0763. The molecule has 1 aromatic rings. The van der Waals surface area contributed by atoms with Crippen molar-refractivity contribution >= 4 is 5.91 Å². The maximum absolute atomic E-state index is 12.2. The van der Waals surface area contributed by atoms with E-state index in [1.165, 1.54) is 0 Å². The molecule has 0 saturated carbocycles. The van der Waals surface area contributed by atoms with Gasteiger partial charge in [-0.2, -0.15) is 10.2 Å². The molecule has 0 bridgehead atoms. The van der Waals surface area contributed by atoms with E-state index >= 15 is 0 Å². The van der Waals surface area contributed by atoms with Crippen LogP contribution in [0.4, 0.5) is 0 Å². The Bertz CT molecular complexity index is 434. The fourth-order valence-corrected chi connectivity index (χ4v) is 1.92. The zero-order valence-corrected chi connectivity index (χ0v) is 12.2. The van der Waals surface area contributed by atoms with Gasteiger partial charge in [0.05, 0.1) is 23.6 Å². The molecular weight excluding hydrogens is 242 g/mol. The normalized spacial score (nSPS) is 11.4. The number of aromatic nitrogens is 2. The van der Waals surface area contributed by atoms with E-state index in [1.54, 1.807) is 19.9 Å². The molecule has 0 radical (unpaired) electrons. The molecule has 19 heavy (non-hydrogen) atoms. The van der Waals surface area contributed by atoms with Gasteiger partial charge in [-0.3, -0.25) is 4.79 Å². The molecule has 0 fully saturated rings. The van der Waals surface area contributed by atoms with Crippen molar-refractivity contribution < 1.29 is 9.90 Å². The molecule has 5 heteroatoms. The average molecular weight is 265 g/mol. The highest BCUT2D eigenvalue weighted by atomic mass is 16.3. The van der Waals surface area contributed by atoms with E-state index in [4.69, 9.17) is 0 Å². The summed E-state index contributed by atoms with van der Waals surface area (Å²) in [6, 6.07) is 1.73. The molecule has 1 aromatic heterocycles. The second-order valence-corrected chi connectivity index (χ2v) is 5.03. The van der Waals surface area contributed by atoms with Crippen molar-refractivity contribution in [3.63, 3.8) is 0 Å². The van der Waals surface area contributed by atoms with Crippen molar-refractivity contribution in [3.05, 3.63) is 23.0 Å². The predicted molar refractivity (Wildman–Crippen MR) is 73.9 cm³/mol. The van der Waals surface area contributed by atoms with Crippen LogP contribution < -0.4 is 5.32 Å². The van der Waals surface area contributed by atoms with E-state index in [9.17, 15) is 9.90 Å². The standard InChI is InChI=1S/C14H23N3O2/c1-5-14(6-2,9-18)8-15-13(19)12-7-10(3)16-17-11(12)4/h7,18H,5-6,8-9H2,1-4H3,(H,15,19). The maximum atomic E-state index is 12.2. The van der Waals surface area contributed by atoms with Gasteiger partial charge in [0.15, 0.2) is 0 Å². The minimum atomic E-state index is -0.237. The lowest BCUT2D eigenvalue weighted by molar-refractivity contribution is 0.0850. The number of hydrogen-bond donors (Lipinski definition) is 2. The van der Waals surface area contributed by atoms with Crippen molar-refractivity contribution in [1.29, 1.82) is 0 Å². The van der Waals surface area contributed by atoms with Crippen molar-refractivity contribution in [3.8, 4) is 0 Å². The van der Waals surface area contributed by atoms with Gasteiger partial charge in [-0.25, -0.2) is 0 Å². The third-order valence-corrected chi connectivity index (χ3v) is 3.80. The molecule has 0 aromatic carbocycles. The number of carbonyl (C=O) groups excluding carboxylic acids is 1. The second-order valence-electron chi connectivity index (χ2n) is 5.03. The number of amides is 1. The monoisotopic (exact) mass is 265 g/mol. The molecule has 0 atom stereocenters. The van der Waals surface area contributed by atoms with Gasteiger partial charge in [0.25, 0.3) is 5.91 Å². The molecule has 0 aliphatic rings. The van der Waals surface area contributed by atoms with E-state index in [0.29, 0.717) is 17.8 Å². The lowest BCUT2D eigenvalue weighted by Gasteiger charge is -2.29. The Balaban J connectivity index is 2.77. The van der Waals surface area contributed by atoms with Crippen LogP contribution in [-0.4, -0.2) is 34.4 Å². The number of aliphatic hydroxyl groups is 1. The summed E-state index contributed by atoms with van der Waals surface area (Å²) in [5, 5.41) is 20.2. The van der Waals surface area contributed by atoms with Crippen LogP contribution in [0, 0.1) is 19.3 Å². The highest BCUT2D eigenvalue weighted by Crippen LogP contribution is 2.24. The van der Waals surface area contributed by atoms with Crippen LogP contribution in [-0.2, 0) is 0 Å². The summed E-state index contributed by atoms with van der Waals surface area (Å²) in [4.78, 5) is 12.2. The molecule has 0 unspecified atom stereocenters. The third-order valence-electron chi connectivity index (χ3n) is 3.80. The van der Waals surface area contributed by atoms with Gasteiger partial charge in [0.1, 0.15) is 0 Å². The third kappa shape index (κ3) is 3.73. The van der Waals surface area contributed by atoms with Gasteiger partial charge in [-0.05, 0) is 32.8 Å². The Hall–Kier alpha value is -1.49. The summed E-state index contributed by atoms with van der Waals surface area (Å²) >= 11 is 0. The zero-order valence-electron chi connectivity index (χ0n) is 12.2. The Morgan fingerprint density at radius 3 is 2.47 bits per heavy atom. The van der Waals surface area contributed by atoms with Gasteiger partial charge in [-0.1, -0.05) is 13.8 Å². The predicted octanol–water partition coefficient (Wildman–Crippen LogP) is 1.62. The first-order chi connectivity index (χ1) is 8.98. The van der Waals surface area contributed by atoms with E-state index in [0.717, 1.165) is 18.5 Å². The number of rotatable bonds is 6. The Kier molecular flexibility index (Phi) is 5.42. The molecule has 0 aliphatic heterocycles. The number of carbonyl (C=O) groups is 1. The molecule has 0 saturated heterocycles. The van der Waals surface area contributed by atoms with Crippen molar-refractivity contribution in [2.75, 3.05) is 13.2 Å². The summed E-state index contributed by atoms with van der Waals surface area (Å²) in [5.41, 5.74) is 1.64. The van der Waals surface area contributed by atoms with Crippen LogP contribution in [0.5, 0.6) is 0 Å². The van der Waals surface area contributed by atoms with Gasteiger partial charge in [0.2, 0.25) is 0 Å². The van der Waals surface area contributed by atoms with Crippen LogP contribution in [0.15, 0.2) is 6.07 Å².